The summed E-state index contributed by atoms with van der Waals surface area (Å²) in [7, 11) is 0. The van der Waals surface area contributed by atoms with Crippen LogP contribution in [0.5, 0.6) is 0 Å². The van der Waals surface area contributed by atoms with Gasteiger partial charge in [0.15, 0.2) is 0 Å². The van der Waals surface area contributed by atoms with Crippen molar-refractivity contribution < 1.29 is 19.5 Å². The number of aliphatic carboxylic acids is 1. The third-order valence-electron chi connectivity index (χ3n) is 2.29. The van der Waals surface area contributed by atoms with E-state index in [1.807, 2.05) is 20.8 Å². The molecule has 1 atom stereocenters. The number of amides is 3. The largest absolute Gasteiger partial charge is 0.480 e. The third kappa shape index (κ3) is 8.87. The van der Waals surface area contributed by atoms with E-state index in [1.165, 1.54) is 0 Å². The first-order valence-electron chi connectivity index (χ1n) is 6.40. The highest BCUT2D eigenvalue weighted by molar-refractivity contribution is 5.86. The molecule has 0 aromatic rings. The number of carboxylic acids is 1. The van der Waals surface area contributed by atoms with Gasteiger partial charge in [-0.2, -0.15) is 0 Å². The quantitative estimate of drug-likeness (QED) is 0.510. The van der Waals surface area contributed by atoms with Gasteiger partial charge in [-0.15, -0.1) is 0 Å². The molecule has 7 nitrogen and oxygen atoms in total. The van der Waals surface area contributed by atoms with Crippen molar-refractivity contribution in [1.82, 2.24) is 16.0 Å². The van der Waals surface area contributed by atoms with Gasteiger partial charge in [0, 0.05) is 6.54 Å². The third-order valence-corrected chi connectivity index (χ3v) is 2.29. The summed E-state index contributed by atoms with van der Waals surface area (Å²) in [5.41, 5.74) is 0. The lowest BCUT2D eigenvalue weighted by atomic mass is 10.0. The van der Waals surface area contributed by atoms with E-state index in [2.05, 4.69) is 16.0 Å². The summed E-state index contributed by atoms with van der Waals surface area (Å²) in [5, 5.41) is 16.2. The molecule has 19 heavy (non-hydrogen) atoms. The van der Waals surface area contributed by atoms with E-state index in [-0.39, 0.29) is 18.4 Å². The molecule has 7 heteroatoms. The minimum Gasteiger partial charge on any atom is -0.480 e. The van der Waals surface area contributed by atoms with Crippen LogP contribution < -0.4 is 16.0 Å². The topological polar surface area (TPSA) is 108 Å². The van der Waals surface area contributed by atoms with Gasteiger partial charge >= 0.3 is 12.0 Å². The molecular formula is C12H23N3O4. The number of urea groups is 1. The molecule has 0 radical (unpaired) electrons. The maximum atomic E-state index is 11.5. The molecule has 0 fully saturated rings. The van der Waals surface area contributed by atoms with E-state index in [4.69, 9.17) is 5.11 Å². The van der Waals surface area contributed by atoms with Crippen molar-refractivity contribution in [2.24, 2.45) is 5.92 Å². The van der Waals surface area contributed by atoms with Gasteiger partial charge in [0.2, 0.25) is 5.91 Å². The Balaban J connectivity index is 4.06. The maximum absolute atomic E-state index is 11.5. The minimum absolute atomic E-state index is 0.147. The Kier molecular flexibility index (Phi) is 8.32. The summed E-state index contributed by atoms with van der Waals surface area (Å²) >= 11 is 0. The van der Waals surface area contributed by atoms with Gasteiger partial charge in [-0.1, -0.05) is 20.8 Å². The first-order chi connectivity index (χ1) is 8.86. The van der Waals surface area contributed by atoms with Gasteiger partial charge in [-0.05, 0) is 18.8 Å². The fraction of sp³-hybridized carbons (Fsp3) is 0.750. The van der Waals surface area contributed by atoms with Gasteiger partial charge in [0.05, 0.1) is 6.54 Å². The first-order valence-corrected chi connectivity index (χ1v) is 6.40. The Hall–Kier alpha value is -1.79. The second-order valence-electron chi connectivity index (χ2n) is 4.70. The van der Waals surface area contributed by atoms with Crippen molar-refractivity contribution >= 4 is 17.9 Å². The average Bonchev–Trinajstić information content (AvgIpc) is 2.32. The number of nitrogens with one attached hydrogen (secondary N) is 3. The number of carbonyl (C=O) groups is 3. The summed E-state index contributed by atoms with van der Waals surface area (Å²) in [4.78, 5) is 33.6. The van der Waals surface area contributed by atoms with Crippen molar-refractivity contribution in [3.05, 3.63) is 0 Å². The van der Waals surface area contributed by atoms with E-state index in [0.717, 1.165) is 6.42 Å². The highest BCUT2D eigenvalue weighted by Gasteiger charge is 2.20. The minimum atomic E-state index is -1.08. The smallest absolute Gasteiger partial charge is 0.326 e. The highest BCUT2D eigenvalue weighted by atomic mass is 16.4. The molecular weight excluding hydrogens is 250 g/mol. The van der Waals surface area contributed by atoms with Gasteiger partial charge < -0.3 is 21.1 Å². The zero-order valence-electron chi connectivity index (χ0n) is 11.7. The average molecular weight is 273 g/mol. The summed E-state index contributed by atoms with van der Waals surface area (Å²) < 4.78 is 0. The fourth-order valence-corrected chi connectivity index (χ4v) is 1.39. The summed E-state index contributed by atoms with van der Waals surface area (Å²) in [6.07, 6.45) is 1.15. The SMILES string of the molecule is CCCNC(=O)CNC(=O)N[C@H](CC(C)C)C(=O)O. The van der Waals surface area contributed by atoms with Crippen LogP contribution in [-0.2, 0) is 9.59 Å². The van der Waals surface area contributed by atoms with Gasteiger partial charge in [-0.25, -0.2) is 9.59 Å². The fourth-order valence-electron chi connectivity index (χ4n) is 1.39. The van der Waals surface area contributed by atoms with Gasteiger partial charge in [0.25, 0.3) is 0 Å². The Labute approximate surface area is 113 Å². The predicted molar refractivity (Wildman–Crippen MR) is 70.7 cm³/mol. The van der Waals surface area contributed by atoms with E-state index in [1.54, 1.807) is 0 Å². The normalized spacial score (nSPS) is 11.8. The van der Waals surface area contributed by atoms with Crippen LogP contribution in [-0.4, -0.2) is 42.1 Å². The molecule has 0 saturated carbocycles. The van der Waals surface area contributed by atoms with Crippen molar-refractivity contribution in [3.63, 3.8) is 0 Å². The predicted octanol–water partition coefficient (Wildman–Crippen LogP) is 0.311. The lowest BCUT2D eigenvalue weighted by Crippen LogP contribution is -2.48. The summed E-state index contributed by atoms with van der Waals surface area (Å²) in [6, 6.07) is -1.60. The zero-order valence-corrected chi connectivity index (χ0v) is 11.7. The molecule has 110 valence electrons. The molecule has 0 aliphatic carbocycles. The van der Waals surface area contributed by atoms with Crippen LogP contribution in [0.25, 0.3) is 0 Å². The second kappa shape index (κ2) is 9.18. The molecule has 0 rings (SSSR count). The molecule has 4 N–H and O–H groups in total. The van der Waals surface area contributed by atoms with Crippen molar-refractivity contribution in [1.29, 1.82) is 0 Å². The Morgan fingerprint density at radius 3 is 2.26 bits per heavy atom. The van der Waals surface area contributed by atoms with Crippen LogP contribution in [0.15, 0.2) is 0 Å². The number of carboxylic acid groups (broad SMARTS) is 1. The number of carbonyl (C=O) groups excluding carboxylic acids is 2. The van der Waals surface area contributed by atoms with Crippen LogP contribution >= 0.6 is 0 Å². The number of hydrogen-bond acceptors (Lipinski definition) is 3. The van der Waals surface area contributed by atoms with Crippen LogP contribution in [0.4, 0.5) is 4.79 Å². The Bertz CT molecular complexity index is 318. The monoisotopic (exact) mass is 273 g/mol. The van der Waals surface area contributed by atoms with Gasteiger partial charge in [0.1, 0.15) is 6.04 Å². The van der Waals surface area contributed by atoms with Crippen molar-refractivity contribution in [2.45, 2.75) is 39.7 Å². The van der Waals surface area contributed by atoms with Crippen molar-refractivity contribution in [3.8, 4) is 0 Å². The molecule has 0 aliphatic rings. The van der Waals surface area contributed by atoms with Crippen LogP contribution in [0, 0.1) is 5.92 Å². The Morgan fingerprint density at radius 1 is 1.16 bits per heavy atom. The van der Waals surface area contributed by atoms with E-state index >= 15 is 0 Å². The first kappa shape index (κ1) is 17.2. The molecule has 0 aromatic heterocycles. The second-order valence-corrected chi connectivity index (χ2v) is 4.70. The van der Waals surface area contributed by atoms with E-state index < -0.39 is 18.0 Å². The molecule has 0 heterocycles. The summed E-state index contributed by atoms with van der Waals surface area (Å²) in [5.74, 6) is -1.23. The van der Waals surface area contributed by atoms with Crippen LogP contribution in [0.1, 0.15) is 33.6 Å². The van der Waals surface area contributed by atoms with Crippen LogP contribution in [0.3, 0.4) is 0 Å². The molecule has 0 aromatic carbocycles. The summed E-state index contributed by atoms with van der Waals surface area (Å²) in [6.45, 7) is 6.04. The lowest BCUT2D eigenvalue weighted by molar-refractivity contribution is -0.139. The van der Waals surface area contributed by atoms with E-state index in [9.17, 15) is 14.4 Å². The zero-order chi connectivity index (χ0) is 14.8. The highest BCUT2D eigenvalue weighted by Crippen LogP contribution is 2.04. The molecule has 3 amide bonds. The molecule has 0 bridgehead atoms. The number of rotatable bonds is 8. The van der Waals surface area contributed by atoms with Crippen LogP contribution in [0.2, 0.25) is 0 Å². The number of hydrogen-bond donors (Lipinski definition) is 4. The molecule has 0 unspecified atom stereocenters. The molecule has 0 saturated heterocycles. The molecule has 0 aliphatic heterocycles. The maximum Gasteiger partial charge on any atom is 0.326 e. The lowest BCUT2D eigenvalue weighted by Gasteiger charge is -2.16. The van der Waals surface area contributed by atoms with Crippen molar-refractivity contribution in [2.75, 3.05) is 13.1 Å². The molecule has 0 spiro atoms. The van der Waals surface area contributed by atoms with E-state index in [0.29, 0.717) is 13.0 Å². The Morgan fingerprint density at radius 2 is 1.79 bits per heavy atom. The standard InChI is InChI=1S/C12H23N3O4/c1-4-5-13-10(16)7-14-12(19)15-9(11(17)18)6-8(2)3/h8-9H,4-7H2,1-3H3,(H,13,16)(H,17,18)(H2,14,15,19)/t9-/m1/s1. The van der Waals surface area contributed by atoms with Gasteiger partial charge in [-0.3, -0.25) is 4.79 Å².